The van der Waals surface area contributed by atoms with Gasteiger partial charge >= 0.3 is 12.2 Å². The van der Waals surface area contributed by atoms with Crippen molar-refractivity contribution >= 4 is 23.0 Å². The monoisotopic (exact) mass is 576 g/mol. The number of hydrogen-bond donors (Lipinski definition) is 2. The van der Waals surface area contributed by atoms with Gasteiger partial charge in [-0.3, -0.25) is 4.79 Å². The van der Waals surface area contributed by atoms with Gasteiger partial charge in [0.1, 0.15) is 23.3 Å². The summed E-state index contributed by atoms with van der Waals surface area (Å²) < 4.78 is 56.2. The van der Waals surface area contributed by atoms with Crippen LogP contribution < -0.4 is 10.6 Å². The molecule has 3 atom stereocenters. The largest absolute Gasteiger partial charge is 0.438 e. The fraction of sp³-hybridized carbons (Fsp3) is 0.593. The van der Waals surface area contributed by atoms with Gasteiger partial charge in [-0.2, -0.15) is 13.2 Å². The molecule has 3 fully saturated rings. The van der Waals surface area contributed by atoms with Crippen LogP contribution in [0.2, 0.25) is 0 Å². The van der Waals surface area contributed by atoms with Crippen LogP contribution in [-0.4, -0.2) is 64.6 Å². The van der Waals surface area contributed by atoms with Crippen LogP contribution in [0.4, 0.5) is 18.0 Å². The Hall–Kier alpha value is -3.68. The highest BCUT2D eigenvalue weighted by atomic mass is 19.4. The van der Waals surface area contributed by atoms with E-state index in [4.69, 9.17) is 18.8 Å². The molecule has 3 unspecified atom stereocenters. The van der Waals surface area contributed by atoms with Gasteiger partial charge < -0.3 is 24.7 Å². The second kappa shape index (κ2) is 10.6. The van der Waals surface area contributed by atoms with E-state index in [1.54, 1.807) is 18.2 Å². The van der Waals surface area contributed by atoms with E-state index in [0.29, 0.717) is 46.5 Å². The molecule has 3 aliphatic rings. The Balaban J connectivity index is 1.31. The fourth-order valence-electron chi connectivity index (χ4n) is 5.87. The van der Waals surface area contributed by atoms with Gasteiger partial charge in [0.25, 0.3) is 5.91 Å². The van der Waals surface area contributed by atoms with Gasteiger partial charge in [0.2, 0.25) is 5.89 Å². The number of nitrogens with one attached hydrogen (secondary N) is 2. The molecular weight excluding hydrogens is 545 g/mol. The van der Waals surface area contributed by atoms with Gasteiger partial charge in [0.05, 0.1) is 19.2 Å². The van der Waals surface area contributed by atoms with Crippen molar-refractivity contribution in [2.24, 2.45) is 17.8 Å². The Bertz CT molecular complexity index is 1420. The number of ether oxygens (including phenoxy) is 1. The number of carbonyl (C=O) groups is 2. The highest BCUT2D eigenvalue weighted by molar-refractivity contribution is 5.93. The van der Waals surface area contributed by atoms with Crippen LogP contribution in [-0.2, 0) is 11.2 Å². The number of alkyl halides is 3. The van der Waals surface area contributed by atoms with E-state index in [9.17, 15) is 22.8 Å². The number of methoxy groups -OCH3 is 1. The van der Waals surface area contributed by atoms with E-state index in [1.807, 2.05) is 12.2 Å². The highest BCUT2D eigenvalue weighted by Gasteiger charge is 2.50. The number of carbonyl (C=O) groups excluding carboxylic acids is 2. The van der Waals surface area contributed by atoms with Crippen LogP contribution in [0.25, 0.3) is 11.1 Å². The van der Waals surface area contributed by atoms with E-state index in [2.05, 4.69) is 15.6 Å². The number of aromatic nitrogens is 3. The lowest BCUT2D eigenvalue weighted by atomic mass is 9.89. The van der Waals surface area contributed by atoms with Crippen molar-refractivity contribution in [2.45, 2.75) is 63.3 Å². The summed E-state index contributed by atoms with van der Waals surface area (Å²) in [5.74, 6) is 0.969. The molecule has 220 valence electrons. The number of fused-ring (bicyclic) bond motifs is 1. The number of halogens is 3. The summed E-state index contributed by atoms with van der Waals surface area (Å²) >= 11 is 0. The molecule has 1 aromatic carbocycles. The second-order valence-corrected chi connectivity index (χ2v) is 11.1. The van der Waals surface area contributed by atoms with E-state index < -0.39 is 42.8 Å². The zero-order valence-corrected chi connectivity index (χ0v) is 22.6. The molecule has 0 bridgehead atoms. The summed E-state index contributed by atoms with van der Waals surface area (Å²) in [6.45, 7) is 1.31. The Morgan fingerprint density at radius 3 is 2.56 bits per heavy atom. The summed E-state index contributed by atoms with van der Waals surface area (Å²) in [4.78, 5) is 31.7. The maximum atomic E-state index is 13.3. The summed E-state index contributed by atoms with van der Waals surface area (Å²) in [7, 11) is 1.42. The molecule has 1 aliphatic heterocycles. The number of aryl methyl sites for hydroxylation is 1. The molecule has 2 aliphatic carbocycles. The zero-order valence-electron chi connectivity index (χ0n) is 22.6. The van der Waals surface area contributed by atoms with Crippen LogP contribution in [0.3, 0.4) is 0 Å². The summed E-state index contributed by atoms with van der Waals surface area (Å²) in [5.41, 5.74) is 2.07. The van der Waals surface area contributed by atoms with Crippen LogP contribution >= 0.6 is 0 Å². The van der Waals surface area contributed by atoms with Crippen molar-refractivity contribution in [3.8, 4) is 0 Å². The van der Waals surface area contributed by atoms with Gasteiger partial charge in [-0.25, -0.2) is 14.4 Å². The summed E-state index contributed by atoms with van der Waals surface area (Å²) in [5, 5.41) is 12.7. The smallest absolute Gasteiger partial charge is 0.410 e. The average Bonchev–Trinajstić information content (AvgIpc) is 3.82. The van der Waals surface area contributed by atoms with Crippen LogP contribution in [0.1, 0.15) is 72.3 Å². The summed E-state index contributed by atoms with van der Waals surface area (Å²) in [6, 6.07) is 1.00. The molecule has 3 heterocycles. The Morgan fingerprint density at radius 1 is 1.22 bits per heavy atom. The average molecular weight is 577 g/mol. The molecule has 0 spiro atoms. The van der Waals surface area contributed by atoms with Crippen LogP contribution in [0.5, 0.6) is 0 Å². The van der Waals surface area contributed by atoms with E-state index >= 15 is 0 Å². The molecule has 3 aromatic rings. The van der Waals surface area contributed by atoms with Gasteiger partial charge in [0, 0.05) is 7.11 Å². The fourth-order valence-corrected chi connectivity index (χ4v) is 5.87. The number of hydrogen-bond acceptors (Lipinski definition) is 8. The van der Waals surface area contributed by atoms with Gasteiger partial charge in [0.15, 0.2) is 11.3 Å². The predicted octanol–water partition coefficient (Wildman–Crippen LogP) is 4.32. The van der Waals surface area contributed by atoms with Crippen molar-refractivity contribution < 1.29 is 36.5 Å². The SMILES string of the molecule is CCc1nonc1C(=O)NC(c1nc2cc(C(COC)N3CC(C(F)(F)F)NC3=O)ccc2o1)C(C1CC1)C1CC1. The number of nitrogens with zero attached hydrogens (tertiary/aromatic N) is 4. The minimum Gasteiger partial charge on any atom is -0.438 e. The molecule has 41 heavy (non-hydrogen) atoms. The maximum Gasteiger partial charge on any atom is 0.410 e. The minimum absolute atomic E-state index is 0.0101. The molecule has 1 saturated heterocycles. The Kier molecular flexibility index (Phi) is 7.12. The van der Waals surface area contributed by atoms with Crippen molar-refractivity contribution in [3.05, 3.63) is 41.0 Å². The van der Waals surface area contributed by atoms with Crippen molar-refractivity contribution in [1.82, 2.24) is 30.8 Å². The predicted molar refractivity (Wildman–Crippen MR) is 137 cm³/mol. The summed E-state index contributed by atoms with van der Waals surface area (Å²) in [6.07, 6.45) is 0.196. The molecule has 2 saturated carbocycles. The third kappa shape index (κ3) is 5.48. The van der Waals surface area contributed by atoms with E-state index in [-0.39, 0.29) is 18.2 Å². The first-order valence-corrected chi connectivity index (χ1v) is 13.8. The normalized spacial score (nSPS) is 21.0. The number of benzene rings is 1. The molecule has 11 nitrogen and oxygen atoms in total. The van der Waals surface area contributed by atoms with Crippen LogP contribution in [0.15, 0.2) is 27.2 Å². The lowest BCUT2D eigenvalue weighted by Crippen LogP contribution is -2.40. The van der Waals surface area contributed by atoms with Crippen molar-refractivity contribution in [1.29, 1.82) is 0 Å². The third-order valence-electron chi connectivity index (χ3n) is 8.22. The number of rotatable bonds is 11. The lowest BCUT2D eigenvalue weighted by molar-refractivity contribution is -0.150. The maximum absolute atomic E-state index is 13.3. The molecule has 0 radical (unpaired) electrons. The minimum atomic E-state index is -4.56. The molecule has 6 rings (SSSR count). The van der Waals surface area contributed by atoms with Gasteiger partial charge in [-0.1, -0.05) is 18.1 Å². The third-order valence-corrected chi connectivity index (χ3v) is 8.22. The number of amides is 3. The van der Waals surface area contributed by atoms with Crippen LogP contribution in [0, 0.1) is 17.8 Å². The standard InChI is InChI=1S/C27H31F3N6O5/c1-3-16-22(35-41-34-16)24(37)33-23(21(13-4-5-13)14-6-7-14)25-31-17-10-15(8-9-19(17)40-25)18(12-39-2)36-11-20(27(28,29)30)32-26(36)38/h8-10,13-14,18,20-21,23H,3-7,11-12H2,1-2H3,(H,32,38)(H,33,37). The topological polar surface area (TPSA) is 136 Å². The first-order chi connectivity index (χ1) is 19.7. The number of oxazole rings is 1. The Morgan fingerprint density at radius 2 is 1.95 bits per heavy atom. The first-order valence-electron chi connectivity index (χ1n) is 13.8. The van der Waals surface area contributed by atoms with Crippen molar-refractivity contribution in [3.63, 3.8) is 0 Å². The molecule has 2 aromatic heterocycles. The van der Waals surface area contributed by atoms with Gasteiger partial charge in [-0.15, -0.1) is 0 Å². The molecule has 14 heteroatoms. The number of urea groups is 1. The second-order valence-electron chi connectivity index (χ2n) is 11.1. The quantitative estimate of drug-likeness (QED) is 0.345. The first kappa shape index (κ1) is 27.5. The van der Waals surface area contributed by atoms with Crippen molar-refractivity contribution in [2.75, 3.05) is 20.3 Å². The van der Waals surface area contributed by atoms with Gasteiger partial charge in [-0.05, 0) is 72.7 Å². The molecule has 2 N–H and O–H groups in total. The molecular formula is C27H31F3N6O5. The lowest BCUT2D eigenvalue weighted by Gasteiger charge is -2.27. The van der Waals surface area contributed by atoms with E-state index in [1.165, 1.54) is 7.11 Å². The molecule has 3 amide bonds. The highest BCUT2D eigenvalue weighted by Crippen LogP contribution is 2.54. The van der Waals surface area contributed by atoms with E-state index in [0.717, 1.165) is 30.6 Å². The Labute approximate surface area is 233 Å². The zero-order chi connectivity index (χ0) is 28.9.